The van der Waals surface area contributed by atoms with Crippen molar-refractivity contribution in [2.45, 2.75) is 0 Å². The summed E-state index contributed by atoms with van der Waals surface area (Å²) in [6.07, 6.45) is 0. The molecule has 0 radical (unpaired) electrons. The fourth-order valence-corrected chi connectivity index (χ4v) is 1.18. The van der Waals surface area contributed by atoms with Crippen LogP contribution in [0.4, 0.5) is 10.1 Å². The Kier molecular flexibility index (Phi) is 5.07. The predicted molar refractivity (Wildman–Crippen MR) is 59.6 cm³/mol. The molecule has 0 aliphatic heterocycles. The molecule has 1 aromatic carbocycles. The quantitative estimate of drug-likeness (QED) is 0.734. The number of nitriles is 1. The second-order valence-corrected chi connectivity index (χ2v) is 3.16. The van der Waals surface area contributed by atoms with Crippen LogP contribution in [0.15, 0.2) is 18.2 Å². The molecule has 1 amide bonds. The molecule has 0 fully saturated rings. The third-order valence-corrected chi connectivity index (χ3v) is 1.89. The van der Waals surface area contributed by atoms with Crippen molar-refractivity contribution in [3.63, 3.8) is 0 Å². The number of anilines is 1. The van der Waals surface area contributed by atoms with E-state index in [2.05, 4.69) is 5.32 Å². The fraction of sp³-hybridized carbons (Fsp3) is 0.273. The van der Waals surface area contributed by atoms with Crippen LogP contribution in [0.1, 0.15) is 5.56 Å². The Morgan fingerprint density at radius 2 is 2.35 bits per heavy atom. The highest BCUT2D eigenvalue weighted by Gasteiger charge is 2.10. The molecule has 0 bridgehead atoms. The van der Waals surface area contributed by atoms with Crippen LogP contribution in [0.3, 0.4) is 0 Å². The number of carbonyl (C=O) groups excluding carboxylic acids is 1. The number of nitrogens with one attached hydrogen (secondary N) is 1. The van der Waals surface area contributed by atoms with E-state index in [1.807, 2.05) is 0 Å². The van der Waals surface area contributed by atoms with E-state index in [9.17, 15) is 9.18 Å². The average Bonchev–Trinajstić information content (AvgIpc) is 2.29. The van der Waals surface area contributed by atoms with Gasteiger partial charge in [0.05, 0.1) is 12.3 Å². The molecule has 0 unspecified atom stereocenters. The molecular weight excluding hydrogens is 225 g/mol. The van der Waals surface area contributed by atoms with Gasteiger partial charge in [-0.2, -0.15) is 5.26 Å². The molecule has 0 saturated carbocycles. The molecule has 0 aromatic heterocycles. The number of nitrogens with two attached hydrogens (primary N) is 1. The molecule has 6 heteroatoms. The van der Waals surface area contributed by atoms with Gasteiger partial charge in [-0.1, -0.05) is 6.07 Å². The predicted octanol–water partition coefficient (Wildman–Crippen LogP) is 0.611. The van der Waals surface area contributed by atoms with Gasteiger partial charge in [-0.3, -0.25) is 4.79 Å². The molecule has 0 spiro atoms. The zero-order valence-corrected chi connectivity index (χ0v) is 9.07. The Hall–Kier alpha value is -1.97. The first-order valence-corrected chi connectivity index (χ1v) is 4.95. The minimum absolute atomic E-state index is 0.133. The van der Waals surface area contributed by atoms with Gasteiger partial charge < -0.3 is 15.8 Å². The highest BCUT2D eigenvalue weighted by molar-refractivity contribution is 5.93. The van der Waals surface area contributed by atoms with Crippen molar-refractivity contribution >= 4 is 11.6 Å². The number of hydrogen-bond acceptors (Lipinski definition) is 4. The number of ether oxygens (including phenoxy) is 1. The summed E-state index contributed by atoms with van der Waals surface area (Å²) in [4.78, 5) is 11.4. The molecule has 0 atom stereocenters. The molecule has 0 aliphatic rings. The third-order valence-electron chi connectivity index (χ3n) is 1.89. The van der Waals surface area contributed by atoms with Crippen LogP contribution >= 0.6 is 0 Å². The molecule has 0 aliphatic carbocycles. The number of benzene rings is 1. The maximum atomic E-state index is 13.2. The third kappa shape index (κ3) is 3.83. The van der Waals surface area contributed by atoms with Crippen LogP contribution < -0.4 is 11.1 Å². The summed E-state index contributed by atoms with van der Waals surface area (Å²) < 4.78 is 18.1. The van der Waals surface area contributed by atoms with Gasteiger partial charge in [0.25, 0.3) is 0 Å². The van der Waals surface area contributed by atoms with Gasteiger partial charge in [-0.15, -0.1) is 0 Å². The molecule has 5 nitrogen and oxygen atoms in total. The molecule has 3 N–H and O–H groups in total. The van der Waals surface area contributed by atoms with Crippen LogP contribution in [0, 0.1) is 17.1 Å². The highest BCUT2D eigenvalue weighted by atomic mass is 19.1. The van der Waals surface area contributed by atoms with Crippen LogP contribution in [0.5, 0.6) is 0 Å². The monoisotopic (exact) mass is 237 g/mol. The highest BCUT2D eigenvalue weighted by Crippen LogP contribution is 2.17. The van der Waals surface area contributed by atoms with E-state index in [1.165, 1.54) is 12.1 Å². The Balaban J connectivity index is 2.66. The second-order valence-electron chi connectivity index (χ2n) is 3.16. The first-order chi connectivity index (χ1) is 8.19. The lowest BCUT2D eigenvalue weighted by Gasteiger charge is -2.07. The molecule has 90 valence electrons. The first kappa shape index (κ1) is 13.1. The van der Waals surface area contributed by atoms with Gasteiger partial charge in [-0.25, -0.2) is 4.39 Å². The number of amides is 1. The number of rotatable bonds is 5. The molecule has 0 heterocycles. The van der Waals surface area contributed by atoms with Crippen molar-refractivity contribution in [3.05, 3.63) is 29.6 Å². The van der Waals surface area contributed by atoms with Crippen LogP contribution in [0.2, 0.25) is 0 Å². The van der Waals surface area contributed by atoms with Gasteiger partial charge in [0.1, 0.15) is 24.1 Å². The van der Waals surface area contributed by atoms with E-state index in [4.69, 9.17) is 15.7 Å². The van der Waals surface area contributed by atoms with E-state index < -0.39 is 11.7 Å². The second kappa shape index (κ2) is 6.58. The van der Waals surface area contributed by atoms with E-state index in [1.54, 1.807) is 6.07 Å². The summed E-state index contributed by atoms with van der Waals surface area (Å²) in [5, 5.41) is 11.1. The molecule has 0 saturated heterocycles. The number of hydrogen-bond donors (Lipinski definition) is 2. The Labute approximate surface area is 98.0 Å². The SMILES string of the molecule is N#Cc1c(F)cccc1NC(=O)COCCN. The van der Waals surface area contributed by atoms with Gasteiger partial charge >= 0.3 is 0 Å². The minimum Gasteiger partial charge on any atom is -0.370 e. The summed E-state index contributed by atoms with van der Waals surface area (Å²) in [6, 6.07) is 5.69. The maximum Gasteiger partial charge on any atom is 0.250 e. The first-order valence-electron chi connectivity index (χ1n) is 4.95. The largest absolute Gasteiger partial charge is 0.370 e. The molecular formula is C11H12FN3O2. The fourth-order valence-electron chi connectivity index (χ4n) is 1.18. The number of halogens is 1. The van der Waals surface area contributed by atoms with Crippen LogP contribution in [-0.2, 0) is 9.53 Å². The standard InChI is InChI=1S/C11H12FN3O2/c12-9-2-1-3-10(8(9)6-14)15-11(16)7-17-5-4-13/h1-3H,4-5,7,13H2,(H,15,16). The lowest BCUT2D eigenvalue weighted by atomic mass is 10.2. The van der Waals surface area contributed by atoms with Crippen molar-refractivity contribution in [3.8, 4) is 6.07 Å². The topological polar surface area (TPSA) is 88.1 Å². The maximum absolute atomic E-state index is 13.2. The van der Waals surface area contributed by atoms with Crippen molar-refractivity contribution in [1.82, 2.24) is 0 Å². The van der Waals surface area contributed by atoms with E-state index >= 15 is 0 Å². The number of carbonyl (C=O) groups is 1. The minimum atomic E-state index is -0.673. The molecule has 1 rings (SSSR count). The van der Waals surface area contributed by atoms with Crippen molar-refractivity contribution in [1.29, 1.82) is 5.26 Å². The van der Waals surface area contributed by atoms with E-state index in [0.717, 1.165) is 6.07 Å². The zero-order valence-electron chi connectivity index (χ0n) is 9.07. The van der Waals surface area contributed by atoms with Crippen molar-refractivity contribution in [2.75, 3.05) is 25.1 Å². The smallest absolute Gasteiger partial charge is 0.250 e. The lowest BCUT2D eigenvalue weighted by Crippen LogP contribution is -2.21. The lowest BCUT2D eigenvalue weighted by molar-refractivity contribution is -0.120. The summed E-state index contributed by atoms with van der Waals surface area (Å²) in [7, 11) is 0. The van der Waals surface area contributed by atoms with E-state index in [-0.39, 0.29) is 24.5 Å². The van der Waals surface area contributed by atoms with Crippen molar-refractivity contribution in [2.24, 2.45) is 5.73 Å². The average molecular weight is 237 g/mol. The van der Waals surface area contributed by atoms with Gasteiger partial charge in [-0.05, 0) is 12.1 Å². The Morgan fingerprint density at radius 1 is 1.59 bits per heavy atom. The normalized spacial score (nSPS) is 9.71. The summed E-state index contributed by atoms with van der Waals surface area (Å²) in [5.74, 6) is -1.13. The van der Waals surface area contributed by atoms with Gasteiger partial charge in [0, 0.05) is 6.54 Å². The van der Waals surface area contributed by atoms with Crippen LogP contribution in [-0.4, -0.2) is 25.7 Å². The zero-order chi connectivity index (χ0) is 12.7. The Bertz CT molecular complexity index is 443. The summed E-state index contributed by atoms with van der Waals surface area (Å²) >= 11 is 0. The Morgan fingerprint density at radius 3 is 3.00 bits per heavy atom. The summed E-state index contributed by atoms with van der Waals surface area (Å²) in [6.45, 7) is 0.400. The van der Waals surface area contributed by atoms with E-state index in [0.29, 0.717) is 6.54 Å². The van der Waals surface area contributed by atoms with Gasteiger partial charge in [0.2, 0.25) is 5.91 Å². The van der Waals surface area contributed by atoms with Crippen LogP contribution in [0.25, 0.3) is 0 Å². The molecule has 17 heavy (non-hydrogen) atoms. The number of nitrogens with zero attached hydrogens (tertiary/aromatic N) is 1. The molecule has 1 aromatic rings. The van der Waals surface area contributed by atoms with Crippen molar-refractivity contribution < 1.29 is 13.9 Å². The summed E-state index contributed by atoms with van der Waals surface area (Å²) in [5.41, 5.74) is 5.12. The van der Waals surface area contributed by atoms with Gasteiger partial charge in [0.15, 0.2) is 0 Å².